The van der Waals surface area contributed by atoms with Crippen molar-refractivity contribution in [3.63, 3.8) is 0 Å². The highest BCUT2D eigenvalue weighted by Gasteiger charge is 2.21. The monoisotopic (exact) mass is 558 g/mol. The van der Waals surface area contributed by atoms with Crippen molar-refractivity contribution in [2.24, 2.45) is 0 Å². The minimum absolute atomic E-state index is 0.103. The molecule has 3 aromatic carbocycles. The van der Waals surface area contributed by atoms with Crippen molar-refractivity contribution < 1.29 is 43.4 Å². The Hall–Kier alpha value is -4.62. The molecule has 0 aromatic heterocycles. The lowest BCUT2D eigenvalue weighted by Gasteiger charge is -2.15. The van der Waals surface area contributed by atoms with Crippen molar-refractivity contribution >= 4 is 11.4 Å². The number of benzene rings is 3. The topological polar surface area (TPSA) is 162 Å². The molecule has 1 aliphatic heterocycles. The zero-order chi connectivity index (χ0) is 28.7. The molecule has 0 saturated heterocycles. The number of para-hydroxylation sites is 4. The number of rotatable bonds is 2. The maximum atomic E-state index is 10.4. The van der Waals surface area contributed by atoms with Gasteiger partial charge in [0.25, 0.3) is 5.69 Å². The van der Waals surface area contributed by atoms with Crippen LogP contribution in [0.5, 0.6) is 28.7 Å². The fourth-order valence-corrected chi connectivity index (χ4v) is 3.41. The quantitative estimate of drug-likeness (QED) is 0.349. The predicted octanol–water partition coefficient (Wildman–Crippen LogP) is 4.47. The molecule has 13 nitrogen and oxygen atoms in total. The van der Waals surface area contributed by atoms with E-state index in [0.29, 0.717) is 75.9 Å². The molecule has 40 heavy (non-hydrogen) atoms. The second-order valence-electron chi connectivity index (χ2n) is 8.16. The van der Waals surface area contributed by atoms with E-state index in [1.165, 1.54) is 6.92 Å². The molecule has 1 N–H and O–H groups in total. The number of nitrogens with zero attached hydrogens (tertiary/aromatic N) is 2. The van der Waals surface area contributed by atoms with Gasteiger partial charge in [-0.15, -0.1) is 0 Å². The first-order valence-electron chi connectivity index (χ1n) is 12.3. The molecule has 0 atom stereocenters. The molecule has 3 aromatic rings. The van der Waals surface area contributed by atoms with E-state index in [9.17, 15) is 25.3 Å². The van der Waals surface area contributed by atoms with Gasteiger partial charge in [0.15, 0.2) is 28.7 Å². The highest BCUT2D eigenvalue weighted by molar-refractivity contribution is 5.57. The number of nitro benzene ring substituents is 2. The first-order chi connectivity index (χ1) is 19.4. The Morgan fingerprint density at radius 1 is 0.625 bits per heavy atom. The minimum atomic E-state index is -0.866. The molecular formula is C27H30N2O11. The van der Waals surface area contributed by atoms with E-state index in [1.54, 1.807) is 0 Å². The van der Waals surface area contributed by atoms with Crippen LogP contribution in [-0.2, 0) is 9.47 Å². The summed E-state index contributed by atoms with van der Waals surface area (Å²) in [4.78, 5) is 19.1. The zero-order valence-corrected chi connectivity index (χ0v) is 21.9. The fraction of sp³-hybridized carbons (Fsp3) is 0.333. The van der Waals surface area contributed by atoms with Crippen LogP contribution in [0.1, 0.15) is 5.56 Å². The summed E-state index contributed by atoms with van der Waals surface area (Å²) >= 11 is 0. The van der Waals surface area contributed by atoms with Crippen molar-refractivity contribution in [2.75, 3.05) is 52.9 Å². The highest BCUT2D eigenvalue weighted by Crippen LogP contribution is 2.33. The van der Waals surface area contributed by atoms with E-state index < -0.39 is 27.0 Å². The number of hydrogen-bond donors (Lipinski definition) is 1. The van der Waals surface area contributed by atoms with Crippen molar-refractivity contribution in [2.45, 2.75) is 6.92 Å². The van der Waals surface area contributed by atoms with Crippen LogP contribution in [0.15, 0.2) is 60.7 Å². The third kappa shape index (κ3) is 9.29. The summed E-state index contributed by atoms with van der Waals surface area (Å²) in [5.74, 6) is 2.26. The summed E-state index contributed by atoms with van der Waals surface area (Å²) < 4.78 is 34.1. The van der Waals surface area contributed by atoms with E-state index in [2.05, 4.69) is 0 Å². The summed E-state index contributed by atoms with van der Waals surface area (Å²) in [5, 5.41) is 29.9. The molecular weight excluding hydrogens is 528 g/mol. The SMILES string of the molecule is Cc1cc([N+](=O)[O-])cc([N+](=O)[O-])c1O.c1ccc2c(c1)OCCOCCOc1ccccc1OCCOCCO2. The fourth-order valence-electron chi connectivity index (χ4n) is 3.41. The first kappa shape index (κ1) is 29.9. The molecule has 4 rings (SSSR count). The lowest BCUT2D eigenvalue weighted by atomic mass is 10.1. The van der Waals surface area contributed by atoms with Crippen LogP contribution in [0.25, 0.3) is 0 Å². The Morgan fingerprint density at radius 3 is 1.32 bits per heavy atom. The van der Waals surface area contributed by atoms with Crippen LogP contribution in [0.4, 0.5) is 11.4 Å². The number of non-ortho nitro benzene ring substituents is 1. The Kier molecular flexibility index (Phi) is 11.8. The smallest absolute Gasteiger partial charge is 0.317 e. The number of phenols is 1. The van der Waals surface area contributed by atoms with Gasteiger partial charge in [-0.1, -0.05) is 24.3 Å². The number of aryl methyl sites for hydroxylation is 1. The van der Waals surface area contributed by atoms with Crippen molar-refractivity contribution in [1.82, 2.24) is 0 Å². The standard InChI is InChI=1S/C20H24O6.C7H6N2O5/c1-2-6-18-17(5-1)23-13-9-21-11-15-25-19-7-3-4-8-20(19)26-16-12-22-10-14-24-18;1-4-2-5(8(11)12)3-6(7(4)10)9(13)14/h1-8H,9-16H2;2-3,10H,1H3. The van der Waals surface area contributed by atoms with E-state index in [0.717, 1.165) is 12.1 Å². The van der Waals surface area contributed by atoms with Gasteiger partial charge in [0.2, 0.25) is 0 Å². The second-order valence-corrected chi connectivity index (χ2v) is 8.16. The molecule has 1 aliphatic rings. The van der Waals surface area contributed by atoms with Gasteiger partial charge in [0, 0.05) is 11.6 Å². The van der Waals surface area contributed by atoms with E-state index >= 15 is 0 Å². The average molecular weight is 559 g/mol. The molecule has 0 spiro atoms. The molecule has 0 radical (unpaired) electrons. The summed E-state index contributed by atoms with van der Waals surface area (Å²) in [6, 6.07) is 16.9. The summed E-state index contributed by atoms with van der Waals surface area (Å²) in [6.45, 7) is 5.01. The van der Waals surface area contributed by atoms with Crippen molar-refractivity contribution in [1.29, 1.82) is 0 Å². The Labute approximate surface area is 230 Å². The summed E-state index contributed by atoms with van der Waals surface area (Å²) in [7, 11) is 0. The van der Waals surface area contributed by atoms with Gasteiger partial charge in [-0.05, 0) is 31.2 Å². The first-order valence-corrected chi connectivity index (χ1v) is 12.3. The average Bonchev–Trinajstić information content (AvgIpc) is 2.94. The van der Waals surface area contributed by atoms with Crippen LogP contribution in [0, 0.1) is 27.2 Å². The Morgan fingerprint density at radius 2 is 1.00 bits per heavy atom. The van der Waals surface area contributed by atoms with Crippen molar-refractivity contribution in [3.05, 3.63) is 86.5 Å². The molecule has 0 amide bonds. The zero-order valence-electron chi connectivity index (χ0n) is 21.9. The Bertz CT molecular complexity index is 1160. The van der Waals surface area contributed by atoms with Crippen molar-refractivity contribution in [3.8, 4) is 28.7 Å². The highest BCUT2D eigenvalue weighted by atomic mass is 16.6. The van der Waals surface area contributed by atoms with E-state index in [1.807, 2.05) is 48.5 Å². The summed E-state index contributed by atoms with van der Waals surface area (Å²) in [5.41, 5.74) is -0.963. The number of nitro groups is 2. The van der Waals surface area contributed by atoms with Crippen LogP contribution in [0.2, 0.25) is 0 Å². The predicted molar refractivity (Wildman–Crippen MR) is 143 cm³/mol. The molecule has 0 unspecified atom stereocenters. The number of phenolic OH excluding ortho intramolecular Hbond substituents is 1. The van der Waals surface area contributed by atoms with Crippen LogP contribution in [0.3, 0.4) is 0 Å². The lowest BCUT2D eigenvalue weighted by molar-refractivity contribution is -0.394. The largest absolute Gasteiger partial charge is 0.502 e. The maximum absolute atomic E-state index is 10.4. The van der Waals surface area contributed by atoms with Crippen LogP contribution in [-0.4, -0.2) is 67.8 Å². The van der Waals surface area contributed by atoms with Gasteiger partial charge in [-0.3, -0.25) is 20.2 Å². The molecule has 0 bridgehead atoms. The Balaban J connectivity index is 0.000000267. The number of aromatic hydroxyl groups is 1. The van der Waals surface area contributed by atoms with Gasteiger partial charge >= 0.3 is 5.69 Å². The van der Waals surface area contributed by atoms with E-state index in [-0.39, 0.29) is 5.56 Å². The maximum Gasteiger partial charge on any atom is 0.317 e. The minimum Gasteiger partial charge on any atom is -0.502 e. The molecule has 214 valence electrons. The molecule has 0 fully saturated rings. The van der Waals surface area contributed by atoms with Crippen LogP contribution >= 0.6 is 0 Å². The van der Waals surface area contributed by atoms with Gasteiger partial charge < -0.3 is 33.5 Å². The molecule has 1 heterocycles. The number of fused-ring (bicyclic) bond motifs is 2. The third-order valence-corrected chi connectivity index (χ3v) is 5.31. The van der Waals surface area contributed by atoms with Gasteiger partial charge in [-0.25, -0.2) is 0 Å². The lowest BCUT2D eigenvalue weighted by Crippen LogP contribution is -2.15. The second kappa shape index (κ2) is 15.7. The number of ether oxygens (including phenoxy) is 6. The van der Waals surface area contributed by atoms with E-state index in [4.69, 9.17) is 28.4 Å². The molecule has 13 heteroatoms. The molecule has 0 saturated carbocycles. The number of hydrogen-bond acceptors (Lipinski definition) is 11. The van der Waals surface area contributed by atoms with Gasteiger partial charge in [0.1, 0.15) is 26.4 Å². The molecule has 0 aliphatic carbocycles. The normalized spacial score (nSPS) is 14.4. The summed E-state index contributed by atoms with van der Waals surface area (Å²) in [6.07, 6.45) is 0. The third-order valence-electron chi connectivity index (χ3n) is 5.31. The van der Waals surface area contributed by atoms with Gasteiger partial charge in [-0.2, -0.15) is 0 Å². The van der Waals surface area contributed by atoms with Gasteiger partial charge in [0.05, 0.1) is 42.3 Å². The van der Waals surface area contributed by atoms with Crippen LogP contribution < -0.4 is 18.9 Å².